The van der Waals surface area contributed by atoms with Gasteiger partial charge in [0.2, 0.25) is 0 Å². The second-order valence-corrected chi connectivity index (χ2v) is 6.24. The third-order valence-corrected chi connectivity index (χ3v) is 4.56. The number of hydrogen-bond acceptors (Lipinski definition) is 2. The summed E-state index contributed by atoms with van der Waals surface area (Å²) in [5.41, 5.74) is 3.34. The highest BCUT2D eigenvalue weighted by Crippen LogP contribution is 2.16. The molecule has 120 valence electrons. The molecule has 23 heavy (non-hydrogen) atoms. The summed E-state index contributed by atoms with van der Waals surface area (Å²) in [7, 11) is 2.11. The number of rotatable bonds is 4. The molecule has 0 spiro atoms. The van der Waals surface area contributed by atoms with E-state index in [0.717, 1.165) is 50.1 Å². The average molecular weight is 308 g/mol. The average Bonchev–Trinajstić information content (AvgIpc) is 2.61. The van der Waals surface area contributed by atoms with E-state index in [1.165, 1.54) is 5.56 Å². The standard InChI is InChI=1S/C20H24N2O/c1-21-13-15-22(16-14-21)20(23)19-10-6-5-9-18(19)12-11-17-7-3-2-4-8-17/h2-10H,11-16H2,1H3. The van der Waals surface area contributed by atoms with Gasteiger partial charge in [-0.2, -0.15) is 0 Å². The first kappa shape index (κ1) is 15.8. The van der Waals surface area contributed by atoms with E-state index >= 15 is 0 Å². The Bertz CT molecular complexity index is 646. The summed E-state index contributed by atoms with van der Waals surface area (Å²) in [5, 5.41) is 0. The largest absolute Gasteiger partial charge is 0.336 e. The molecule has 0 saturated carbocycles. The second-order valence-electron chi connectivity index (χ2n) is 6.24. The van der Waals surface area contributed by atoms with E-state index in [-0.39, 0.29) is 5.91 Å². The van der Waals surface area contributed by atoms with E-state index in [1.54, 1.807) is 0 Å². The third kappa shape index (κ3) is 3.99. The molecular formula is C20H24N2O. The van der Waals surface area contributed by atoms with E-state index in [0.29, 0.717) is 0 Å². The van der Waals surface area contributed by atoms with E-state index in [1.807, 2.05) is 29.2 Å². The second kappa shape index (κ2) is 7.42. The molecule has 3 nitrogen and oxygen atoms in total. The van der Waals surface area contributed by atoms with Crippen molar-refractivity contribution in [3.8, 4) is 0 Å². The number of aryl methyl sites for hydroxylation is 2. The van der Waals surface area contributed by atoms with Crippen LogP contribution in [0.4, 0.5) is 0 Å². The molecule has 3 heteroatoms. The van der Waals surface area contributed by atoms with Gasteiger partial charge in [-0.05, 0) is 37.1 Å². The zero-order chi connectivity index (χ0) is 16.1. The molecule has 0 aromatic heterocycles. The van der Waals surface area contributed by atoms with Crippen LogP contribution in [0.2, 0.25) is 0 Å². The summed E-state index contributed by atoms with van der Waals surface area (Å²) in [4.78, 5) is 17.1. The van der Waals surface area contributed by atoms with Crippen molar-refractivity contribution in [2.24, 2.45) is 0 Å². The van der Waals surface area contributed by atoms with Crippen molar-refractivity contribution in [3.05, 3.63) is 71.3 Å². The Morgan fingerprint density at radius 1 is 0.870 bits per heavy atom. The molecule has 1 amide bonds. The predicted octanol–water partition coefficient (Wildman–Crippen LogP) is 2.86. The fraction of sp³-hybridized carbons (Fsp3) is 0.350. The summed E-state index contributed by atoms with van der Waals surface area (Å²) in [6.07, 6.45) is 1.87. The summed E-state index contributed by atoms with van der Waals surface area (Å²) < 4.78 is 0. The first-order chi connectivity index (χ1) is 11.2. The van der Waals surface area contributed by atoms with Crippen LogP contribution >= 0.6 is 0 Å². The van der Waals surface area contributed by atoms with E-state index < -0.39 is 0 Å². The first-order valence-electron chi connectivity index (χ1n) is 8.33. The Balaban J connectivity index is 1.71. The minimum absolute atomic E-state index is 0.182. The minimum atomic E-state index is 0.182. The van der Waals surface area contributed by atoms with Crippen LogP contribution in [0, 0.1) is 0 Å². The van der Waals surface area contributed by atoms with Crippen LogP contribution in [0.5, 0.6) is 0 Å². The van der Waals surface area contributed by atoms with Crippen LogP contribution in [0.15, 0.2) is 54.6 Å². The van der Waals surface area contributed by atoms with Crippen molar-refractivity contribution in [2.45, 2.75) is 12.8 Å². The maximum Gasteiger partial charge on any atom is 0.254 e. The summed E-state index contributed by atoms with van der Waals surface area (Å²) in [5.74, 6) is 0.182. The number of benzene rings is 2. The first-order valence-corrected chi connectivity index (χ1v) is 8.33. The van der Waals surface area contributed by atoms with Crippen molar-refractivity contribution in [3.63, 3.8) is 0 Å². The Morgan fingerprint density at radius 2 is 1.52 bits per heavy atom. The molecule has 2 aromatic rings. The van der Waals surface area contributed by atoms with Gasteiger partial charge < -0.3 is 9.80 Å². The quantitative estimate of drug-likeness (QED) is 0.867. The van der Waals surface area contributed by atoms with Crippen molar-refractivity contribution >= 4 is 5.91 Å². The summed E-state index contributed by atoms with van der Waals surface area (Å²) in [6.45, 7) is 3.56. The number of hydrogen-bond donors (Lipinski definition) is 0. The lowest BCUT2D eigenvalue weighted by Crippen LogP contribution is -2.47. The van der Waals surface area contributed by atoms with Crippen LogP contribution in [-0.2, 0) is 12.8 Å². The number of carbonyl (C=O) groups excluding carboxylic acids is 1. The number of likely N-dealkylation sites (N-methyl/N-ethyl adjacent to an activating group) is 1. The van der Waals surface area contributed by atoms with Gasteiger partial charge in [0.25, 0.3) is 5.91 Å². The molecule has 0 N–H and O–H groups in total. The minimum Gasteiger partial charge on any atom is -0.336 e. The van der Waals surface area contributed by atoms with Gasteiger partial charge in [-0.1, -0.05) is 48.5 Å². The SMILES string of the molecule is CN1CCN(C(=O)c2ccccc2CCc2ccccc2)CC1. The zero-order valence-corrected chi connectivity index (χ0v) is 13.7. The van der Waals surface area contributed by atoms with Crippen LogP contribution in [0.25, 0.3) is 0 Å². The number of nitrogens with zero attached hydrogens (tertiary/aromatic N) is 2. The van der Waals surface area contributed by atoms with Gasteiger partial charge in [0.15, 0.2) is 0 Å². The molecule has 0 atom stereocenters. The van der Waals surface area contributed by atoms with Crippen molar-refractivity contribution in [2.75, 3.05) is 33.2 Å². The fourth-order valence-corrected chi connectivity index (χ4v) is 3.05. The Labute approximate surface area is 138 Å². The third-order valence-electron chi connectivity index (χ3n) is 4.56. The smallest absolute Gasteiger partial charge is 0.254 e. The lowest BCUT2D eigenvalue weighted by Gasteiger charge is -2.32. The molecule has 1 saturated heterocycles. The van der Waals surface area contributed by atoms with Crippen molar-refractivity contribution in [1.29, 1.82) is 0 Å². The van der Waals surface area contributed by atoms with Crippen molar-refractivity contribution in [1.82, 2.24) is 9.80 Å². The Morgan fingerprint density at radius 3 is 2.26 bits per heavy atom. The molecule has 3 rings (SSSR count). The van der Waals surface area contributed by atoms with Gasteiger partial charge in [-0.25, -0.2) is 0 Å². The molecule has 1 fully saturated rings. The fourth-order valence-electron chi connectivity index (χ4n) is 3.05. The van der Waals surface area contributed by atoms with Crippen LogP contribution in [0.1, 0.15) is 21.5 Å². The van der Waals surface area contributed by atoms with E-state index in [2.05, 4.69) is 42.3 Å². The van der Waals surface area contributed by atoms with Gasteiger partial charge in [0.05, 0.1) is 0 Å². The number of piperazine rings is 1. The van der Waals surface area contributed by atoms with Crippen molar-refractivity contribution < 1.29 is 4.79 Å². The molecule has 0 radical (unpaired) electrons. The Hall–Kier alpha value is -2.13. The monoisotopic (exact) mass is 308 g/mol. The predicted molar refractivity (Wildman–Crippen MR) is 93.7 cm³/mol. The number of carbonyl (C=O) groups is 1. The van der Waals surface area contributed by atoms with Gasteiger partial charge in [-0.3, -0.25) is 4.79 Å². The normalized spacial score (nSPS) is 15.6. The van der Waals surface area contributed by atoms with Crippen LogP contribution in [-0.4, -0.2) is 48.9 Å². The highest BCUT2D eigenvalue weighted by molar-refractivity contribution is 5.95. The molecule has 0 unspecified atom stereocenters. The van der Waals surface area contributed by atoms with Crippen LogP contribution < -0.4 is 0 Å². The van der Waals surface area contributed by atoms with Gasteiger partial charge >= 0.3 is 0 Å². The molecule has 1 heterocycles. The van der Waals surface area contributed by atoms with E-state index in [4.69, 9.17) is 0 Å². The number of amides is 1. The van der Waals surface area contributed by atoms with Gasteiger partial charge in [0.1, 0.15) is 0 Å². The molecular weight excluding hydrogens is 284 g/mol. The van der Waals surface area contributed by atoms with Gasteiger partial charge in [0, 0.05) is 31.7 Å². The summed E-state index contributed by atoms with van der Waals surface area (Å²) >= 11 is 0. The van der Waals surface area contributed by atoms with Gasteiger partial charge in [-0.15, -0.1) is 0 Å². The maximum atomic E-state index is 12.8. The molecule has 1 aliphatic rings. The molecule has 2 aromatic carbocycles. The molecule has 1 aliphatic heterocycles. The molecule has 0 bridgehead atoms. The lowest BCUT2D eigenvalue weighted by molar-refractivity contribution is 0.0663. The summed E-state index contributed by atoms with van der Waals surface area (Å²) in [6, 6.07) is 18.5. The molecule has 0 aliphatic carbocycles. The van der Waals surface area contributed by atoms with E-state index in [9.17, 15) is 4.79 Å². The Kier molecular flexibility index (Phi) is 5.09. The topological polar surface area (TPSA) is 23.6 Å². The highest BCUT2D eigenvalue weighted by Gasteiger charge is 2.21. The lowest BCUT2D eigenvalue weighted by atomic mass is 9.99. The van der Waals surface area contributed by atoms with Crippen LogP contribution in [0.3, 0.4) is 0 Å². The zero-order valence-electron chi connectivity index (χ0n) is 13.7. The highest BCUT2D eigenvalue weighted by atomic mass is 16.2. The maximum absolute atomic E-state index is 12.8.